The molecular formula is C24H28BrN5O3. The third-order valence-electron chi connectivity index (χ3n) is 6.01. The minimum Gasteiger partial charge on any atom is -0.369 e. The first-order valence-electron chi connectivity index (χ1n) is 11.1. The van der Waals surface area contributed by atoms with Crippen molar-refractivity contribution in [1.29, 1.82) is 0 Å². The highest BCUT2D eigenvalue weighted by atomic mass is 79.9. The summed E-state index contributed by atoms with van der Waals surface area (Å²) >= 11 is 3.36. The molecule has 2 N–H and O–H groups in total. The maximum Gasteiger partial charge on any atom is 0.243 e. The molecule has 2 saturated heterocycles. The lowest BCUT2D eigenvalue weighted by atomic mass is 10.1. The Morgan fingerprint density at radius 3 is 2.36 bits per heavy atom. The lowest BCUT2D eigenvalue weighted by molar-refractivity contribution is -0.145. The van der Waals surface area contributed by atoms with E-state index in [0.717, 1.165) is 30.7 Å². The van der Waals surface area contributed by atoms with E-state index < -0.39 is 6.04 Å². The summed E-state index contributed by atoms with van der Waals surface area (Å²) < 4.78 is 0.911. The summed E-state index contributed by atoms with van der Waals surface area (Å²) in [5.41, 5.74) is 1.83. The summed E-state index contributed by atoms with van der Waals surface area (Å²) in [7, 11) is 0. The molecule has 9 heteroatoms. The zero-order valence-corrected chi connectivity index (χ0v) is 20.0. The van der Waals surface area contributed by atoms with Gasteiger partial charge in [-0.3, -0.25) is 19.3 Å². The normalized spacial score (nSPS) is 19.2. The molecule has 33 heavy (non-hydrogen) atoms. The van der Waals surface area contributed by atoms with Crippen molar-refractivity contribution in [2.45, 2.75) is 12.5 Å². The van der Waals surface area contributed by atoms with E-state index in [1.807, 2.05) is 30.3 Å². The molecule has 174 valence electrons. The van der Waals surface area contributed by atoms with Crippen LogP contribution in [0.3, 0.4) is 0 Å². The fourth-order valence-corrected chi connectivity index (χ4v) is 4.49. The van der Waals surface area contributed by atoms with Crippen molar-refractivity contribution in [1.82, 2.24) is 15.1 Å². The maximum absolute atomic E-state index is 13.1. The number of benzene rings is 2. The zero-order valence-electron chi connectivity index (χ0n) is 18.4. The van der Waals surface area contributed by atoms with Crippen LogP contribution in [0.25, 0.3) is 0 Å². The molecule has 0 spiro atoms. The Labute approximate surface area is 202 Å². The van der Waals surface area contributed by atoms with Crippen LogP contribution in [0.4, 0.5) is 11.4 Å². The van der Waals surface area contributed by atoms with Crippen molar-refractivity contribution in [3.63, 3.8) is 0 Å². The Kier molecular flexibility index (Phi) is 7.61. The highest BCUT2D eigenvalue weighted by Gasteiger charge is 2.35. The standard InChI is InChI=1S/C24H28BrN5O3/c25-18-6-8-19(9-7-18)27-22(31)16-21-24(33)26-10-11-30(21)23(32)17-28-12-14-29(15-13-28)20-4-2-1-3-5-20/h1-9,21H,10-17H2,(H,26,33)(H,27,31). The van der Waals surface area contributed by atoms with Crippen molar-refractivity contribution in [2.75, 3.05) is 56.0 Å². The van der Waals surface area contributed by atoms with Gasteiger partial charge in [-0.15, -0.1) is 0 Å². The van der Waals surface area contributed by atoms with Gasteiger partial charge in [0.2, 0.25) is 17.7 Å². The Morgan fingerprint density at radius 2 is 1.67 bits per heavy atom. The van der Waals surface area contributed by atoms with Gasteiger partial charge < -0.3 is 20.4 Å². The van der Waals surface area contributed by atoms with E-state index in [2.05, 4.69) is 48.5 Å². The van der Waals surface area contributed by atoms with E-state index in [1.165, 1.54) is 5.69 Å². The van der Waals surface area contributed by atoms with Crippen LogP contribution >= 0.6 is 15.9 Å². The Hall–Kier alpha value is -2.91. The quantitative estimate of drug-likeness (QED) is 0.616. The zero-order chi connectivity index (χ0) is 23.2. The number of amides is 3. The summed E-state index contributed by atoms with van der Waals surface area (Å²) in [4.78, 5) is 44.2. The third-order valence-corrected chi connectivity index (χ3v) is 6.54. The first kappa shape index (κ1) is 23.3. The molecule has 2 heterocycles. The number of para-hydroxylation sites is 1. The van der Waals surface area contributed by atoms with E-state index in [-0.39, 0.29) is 30.7 Å². The molecule has 0 aromatic heterocycles. The van der Waals surface area contributed by atoms with Crippen molar-refractivity contribution < 1.29 is 14.4 Å². The van der Waals surface area contributed by atoms with Gasteiger partial charge in [0.15, 0.2) is 0 Å². The number of hydrogen-bond acceptors (Lipinski definition) is 5. The number of carbonyl (C=O) groups is 3. The predicted molar refractivity (Wildman–Crippen MR) is 131 cm³/mol. The minimum absolute atomic E-state index is 0.0740. The topological polar surface area (TPSA) is 85.0 Å². The molecule has 2 fully saturated rings. The van der Waals surface area contributed by atoms with Crippen LogP contribution in [0, 0.1) is 0 Å². The molecule has 1 unspecified atom stereocenters. The van der Waals surface area contributed by atoms with E-state index in [9.17, 15) is 14.4 Å². The predicted octanol–water partition coefficient (Wildman–Crippen LogP) is 1.93. The summed E-state index contributed by atoms with van der Waals surface area (Å²) in [5, 5.41) is 5.59. The summed E-state index contributed by atoms with van der Waals surface area (Å²) in [6.07, 6.45) is -0.0740. The molecule has 0 saturated carbocycles. The second kappa shape index (κ2) is 10.8. The molecular weight excluding hydrogens is 486 g/mol. The fraction of sp³-hybridized carbons (Fsp3) is 0.375. The number of nitrogens with zero attached hydrogens (tertiary/aromatic N) is 3. The second-order valence-electron chi connectivity index (χ2n) is 8.25. The van der Waals surface area contributed by atoms with Gasteiger partial charge >= 0.3 is 0 Å². The molecule has 3 amide bonds. The molecule has 2 aromatic rings. The molecule has 2 aliphatic rings. The van der Waals surface area contributed by atoms with Crippen LogP contribution < -0.4 is 15.5 Å². The molecule has 8 nitrogen and oxygen atoms in total. The molecule has 0 radical (unpaired) electrons. The van der Waals surface area contributed by atoms with Crippen molar-refractivity contribution >= 4 is 45.0 Å². The van der Waals surface area contributed by atoms with Crippen LogP contribution in [-0.2, 0) is 14.4 Å². The average Bonchev–Trinajstić information content (AvgIpc) is 2.83. The van der Waals surface area contributed by atoms with Gasteiger partial charge in [-0.05, 0) is 36.4 Å². The number of carbonyl (C=O) groups excluding carboxylic acids is 3. The summed E-state index contributed by atoms with van der Waals surface area (Å²) in [5.74, 6) is -0.692. The molecule has 4 rings (SSSR count). The number of nitrogens with one attached hydrogen (secondary N) is 2. The average molecular weight is 514 g/mol. The summed E-state index contributed by atoms with van der Waals surface area (Å²) in [6, 6.07) is 16.7. The number of rotatable bonds is 6. The minimum atomic E-state index is -0.799. The van der Waals surface area contributed by atoms with E-state index >= 15 is 0 Å². The van der Waals surface area contributed by atoms with Crippen molar-refractivity contribution in [3.05, 3.63) is 59.1 Å². The largest absolute Gasteiger partial charge is 0.369 e. The maximum atomic E-state index is 13.1. The SMILES string of the molecule is O=C(CC1C(=O)NCCN1C(=O)CN1CCN(c2ccccc2)CC1)Nc1ccc(Br)cc1. The van der Waals surface area contributed by atoms with Crippen LogP contribution in [-0.4, -0.2) is 79.4 Å². The molecule has 0 bridgehead atoms. The summed E-state index contributed by atoms with van der Waals surface area (Å²) in [6.45, 7) is 4.29. The Bertz CT molecular complexity index is 977. The van der Waals surface area contributed by atoms with Crippen LogP contribution in [0.1, 0.15) is 6.42 Å². The fourth-order valence-electron chi connectivity index (χ4n) is 4.22. The smallest absolute Gasteiger partial charge is 0.243 e. The Morgan fingerprint density at radius 1 is 0.970 bits per heavy atom. The first-order valence-corrected chi connectivity index (χ1v) is 11.9. The van der Waals surface area contributed by atoms with Gasteiger partial charge in [0.1, 0.15) is 6.04 Å². The molecule has 2 aromatic carbocycles. The van der Waals surface area contributed by atoms with Gasteiger partial charge in [0, 0.05) is 55.1 Å². The third kappa shape index (κ3) is 6.11. The first-order chi connectivity index (χ1) is 16.0. The van der Waals surface area contributed by atoms with Gasteiger partial charge in [0.25, 0.3) is 0 Å². The molecule has 0 aliphatic carbocycles. The van der Waals surface area contributed by atoms with Crippen LogP contribution in [0.15, 0.2) is 59.1 Å². The van der Waals surface area contributed by atoms with E-state index in [0.29, 0.717) is 18.8 Å². The Balaban J connectivity index is 1.32. The van der Waals surface area contributed by atoms with Crippen LogP contribution in [0.2, 0.25) is 0 Å². The molecule has 2 aliphatic heterocycles. The molecule has 1 atom stereocenters. The monoisotopic (exact) mass is 513 g/mol. The lowest BCUT2D eigenvalue weighted by Gasteiger charge is -2.39. The van der Waals surface area contributed by atoms with E-state index in [4.69, 9.17) is 0 Å². The van der Waals surface area contributed by atoms with Crippen molar-refractivity contribution in [3.8, 4) is 0 Å². The van der Waals surface area contributed by atoms with Gasteiger partial charge in [-0.2, -0.15) is 0 Å². The highest BCUT2D eigenvalue weighted by Crippen LogP contribution is 2.18. The number of piperazine rings is 2. The second-order valence-corrected chi connectivity index (χ2v) is 9.17. The van der Waals surface area contributed by atoms with Crippen molar-refractivity contribution in [2.24, 2.45) is 0 Å². The number of anilines is 2. The highest BCUT2D eigenvalue weighted by molar-refractivity contribution is 9.10. The lowest BCUT2D eigenvalue weighted by Crippen LogP contribution is -2.60. The van der Waals surface area contributed by atoms with E-state index in [1.54, 1.807) is 17.0 Å². The van der Waals surface area contributed by atoms with Gasteiger partial charge in [0.05, 0.1) is 13.0 Å². The van der Waals surface area contributed by atoms with Gasteiger partial charge in [-0.1, -0.05) is 34.1 Å². The van der Waals surface area contributed by atoms with Gasteiger partial charge in [-0.25, -0.2) is 0 Å². The van der Waals surface area contributed by atoms with Crippen LogP contribution in [0.5, 0.6) is 0 Å². The number of halogens is 1. The number of hydrogen-bond donors (Lipinski definition) is 2.